The number of carboxylic acid groups (broad SMARTS) is 1. The molecule has 0 aliphatic rings. The van der Waals surface area contributed by atoms with Gasteiger partial charge in [-0.15, -0.1) is 0 Å². The third-order valence-corrected chi connectivity index (χ3v) is 3.15. The van der Waals surface area contributed by atoms with E-state index in [1.165, 1.54) is 0 Å². The molecule has 0 saturated heterocycles. The molecule has 0 radical (unpaired) electrons. The highest BCUT2D eigenvalue weighted by molar-refractivity contribution is 9.10. The number of anilines is 1. The summed E-state index contributed by atoms with van der Waals surface area (Å²) in [6, 6.07) is 13.8. The van der Waals surface area contributed by atoms with Crippen LogP contribution in [0.2, 0.25) is 0 Å². The Balaban J connectivity index is 2.06. The molecule has 0 aliphatic heterocycles. The zero-order chi connectivity index (χ0) is 14.5. The number of benzene rings is 2. The van der Waals surface area contributed by atoms with Crippen molar-refractivity contribution in [2.75, 3.05) is 5.32 Å². The fourth-order valence-electron chi connectivity index (χ4n) is 1.71. The van der Waals surface area contributed by atoms with Crippen molar-refractivity contribution in [2.45, 2.75) is 6.42 Å². The van der Waals surface area contributed by atoms with Crippen LogP contribution in [-0.4, -0.2) is 17.0 Å². The molecule has 0 atom stereocenters. The minimum Gasteiger partial charge on any atom is -0.481 e. The predicted octanol–water partition coefficient (Wildman–Crippen LogP) is 3.33. The molecule has 4 nitrogen and oxygen atoms in total. The Kier molecular flexibility index (Phi) is 4.53. The highest BCUT2D eigenvalue weighted by Crippen LogP contribution is 2.15. The van der Waals surface area contributed by atoms with Gasteiger partial charge in [0, 0.05) is 15.7 Å². The molecule has 0 unspecified atom stereocenters. The van der Waals surface area contributed by atoms with Crippen LogP contribution in [0.15, 0.2) is 53.0 Å². The Bertz CT molecular complexity index is 638. The molecule has 0 bridgehead atoms. The van der Waals surface area contributed by atoms with Gasteiger partial charge in [-0.05, 0) is 35.9 Å². The first-order valence-corrected chi connectivity index (χ1v) is 6.71. The Morgan fingerprint density at radius 1 is 1.10 bits per heavy atom. The van der Waals surface area contributed by atoms with Crippen LogP contribution in [0, 0.1) is 0 Å². The third kappa shape index (κ3) is 3.93. The highest BCUT2D eigenvalue weighted by atomic mass is 79.9. The van der Waals surface area contributed by atoms with E-state index in [0.717, 1.165) is 4.47 Å². The molecular formula is C15H12BrNO3. The lowest BCUT2D eigenvalue weighted by Gasteiger charge is -2.06. The summed E-state index contributed by atoms with van der Waals surface area (Å²) in [6.45, 7) is 0. The molecule has 0 fully saturated rings. The molecule has 0 aromatic heterocycles. The van der Waals surface area contributed by atoms with E-state index in [1.54, 1.807) is 42.5 Å². The van der Waals surface area contributed by atoms with Crippen molar-refractivity contribution in [3.05, 3.63) is 64.1 Å². The highest BCUT2D eigenvalue weighted by Gasteiger charge is 2.06. The van der Waals surface area contributed by atoms with E-state index >= 15 is 0 Å². The minimum atomic E-state index is -0.879. The smallest absolute Gasteiger partial charge is 0.307 e. The largest absolute Gasteiger partial charge is 0.481 e. The summed E-state index contributed by atoms with van der Waals surface area (Å²) in [5.74, 6) is -1.09. The molecule has 0 saturated carbocycles. The number of carboxylic acids is 1. The zero-order valence-electron chi connectivity index (χ0n) is 10.5. The van der Waals surface area contributed by atoms with Gasteiger partial charge in [0.25, 0.3) is 5.91 Å². The first-order valence-electron chi connectivity index (χ1n) is 5.92. The lowest BCUT2D eigenvalue weighted by Crippen LogP contribution is -2.11. The summed E-state index contributed by atoms with van der Waals surface area (Å²) < 4.78 is 0.835. The topological polar surface area (TPSA) is 66.4 Å². The first-order chi connectivity index (χ1) is 9.54. The van der Waals surface area contributed by atoms with Gasteiger partial charge in [0.15, 0.2) is 0 Å². The molecule has 0 aliphatic carbocycles. The maximum atomic E-state index is 12.0. The van der Waals surface area contributed by atoms with Gasteiger partial charge in [0.1, 0.15) is 0 Å². The molecule has 102 valence electrons. The quantitative estimate of drug-likeness (QED) is 0.901. The molecule has 0 heterocycles. The van der Waals surface area contributed by atoms with Crippen molar-refractivity contribution in [2.24, 2.45) is 0 Å². The first kappa shape index (κ1) is 14.3. The molecule has 5 heteroatoms. The summed E-state index contributed by atoms with van der Waals surface area (Å²) in [4.78, 5) is 22.6. The van der Waals surface area contributed by atoms with Crippen molar-refractivity contribution in [1.82, 2.24) is 0 Å². The van der Waals surface area contributed by atoms with Crippen LogP contribution >= 0.6 is 15.9 Å². The van der Waals surface area contributed by atoms with Gasteiger partial charge in [-0.3, -0.25) is 9.59 Å². The number of carbonyl (C=O) groups is 2. The Hall–Kier alpha value is -2.14. The molecule has 2 N–H and O–H groups in total. The van der Waals surface area contributed by atoms with Gasteiger partial charge in [-0.25, -0.2) is 0 Å². The number of amides is 1. The fourth-order valence-corrected chi connectivity index (χ4v) is 2.11. The van der Waals surface area contributed by atoms with Crippen LogP contribution in [0.5, 0.6) is 0 Å². The molecule has 20 heavy (non-hydrogen) atoms. The van der Waals surface area contributed by atoms with Gasteiger partial charge in [-0.1, -0.05) is 34.1 Å². The number of rotatable bonds is 4. The van der Waals surface area contributed by atoms with E-state index in [-0.39, 0.29) is 12.3 Å². The Morgan fingerprint density at radius 3 is 2.40 bits per heavy atom. The number of carbonyl (C=O) groups excluding carboxylic acids is 1. The third-order valence-electron chi connectivity index (χ3n) is 2.65. The van der Waals surface area contributed by atoms with E-state index in [9.17, 15) is 9.59 Å². The maximum Gasteiger partial charge on any atom is 0.307 e. The van der Waals surface area contributed by atoms with E-state index in [4.69, 9.17) is 5.11 Å². The maximum absolute atomic E-state index is 12.0. The molecule has 2 aromatic rings. The Morgan fingerprint density at radius 2 is 1.80 bits per heavy atom. The van der Waals surface area contributed by atoms with Crippen molar-refractivity contribution in [3.8, 4) is 0 Å². The van der Waals surface area contributed by atoms with Gasteiger partial charge in [-0.2, -0.15) is 0 Å². The summed E-state index contributed by atoms with van der Waals surface area (Å²) >= 11 is 3.31. The summed E-state index contributed by atoms with van der Waals surface area (Å²) in [7, 11) is 0. The van der Waals surface area contributed by atoms with Gasteiger partial charge in [0.2, 0.25) is 0 Å². The number of hydrogen-bond acceptors (Lipinski definition) is 2. The van der Waals surface area contributed by atoms with E-state index in [1.807, 2.05) is 6.07 Å². The van der Waals surface area contributed by atoms with Crippen LogP contribution in [-0.2, 0) is 11.2 Å². The van der Waals surface area contributed by atoms with Crippen LogP contribution in [0.1, 0.15) is 15.9 Å². The predicted molar refractivity (Wildman–Crippen MR) is 79.9 cm³/mol. The lowest BCUT2D eigenvalue weighted by atomic mass is 10.1. The second kappa shape index (κ2) is 6.34. The van der Waals surface area contributed by atoms with Crippen LogP contribution in [0.25, 0.3) is 0 Å². The van der Waals surface area contributed by atoms with Crippen molar-refractivity contribution in [1.29, 1.82) is 0 Å². The molecule has 0 spiro atoms. The van der Waals surface area contributed by atoms with E-state index in [0.29, 0.717) is 16.8 Å². The average Bonchev–Trinajstić information content (AvgIpc) is 2.40. The summed E-state index contributed by atoms with van der Waals surface area (Å²) in [6.07, 6.45) is -0.0279. The lowest BCUT2D eigenvalue weighted by molar-refractivity contribution is -0.136. The minimum absolute atomic E-state index is 0.0279. The van der Waals surface area contributed by atoms with E-state index in [2.05, 4.69) is 21.2 Å². The van der Waals surface area contributed by atoms with Crippen LogP contribution in [0.3, 0.4) is 0 Å². The number of nitrogens with one attached hydrogen (secondary N) is 1. The van der Waals surface area contributed by atoms with Crippen LogP contribution in [0.4, 0.5) is 5.69 Å². The second-order valence-corrected chi connectivity index (χ2v) is 5.15. The zero-order valence-corrected chi connectivity index (χ0v) is 12.1. The average molecular weight is 334 g/mol. The summed E-state index contributed by atoms with van der Waals surface area (Å²) in [5, 5.41) is 11.4. The second-order valence-electron chi connectivity index (χ2n) is 4.23. The van der Waals surface area contributed by atoms with E-state index < -0.39 is 5.97 Å². The van der Waals surface area contributed by atoms with Gasteiger partial charge in [0.05, 0.1) is 6.42 Å². The Labute approximate surface area is 124 Å². The van der Waals surface area contributed by atoms with Crippen molar-refractivity contribution >= 4 is 33.5 Å². The standard InChI is InChI=1S/C15H12BrNO3/c16-12-3-1-2-11(9-12)15(20)17-13-6-4-10(5-7-13)8-14(18)19/h1-7,9H,8H2,(H,17,20)(H,18,19). The number of hydrogen-bond donors (Lipinski definition) is 2. The fraction of sp³-hybridized carbons (Fsp3) is 0.0667. The monoisotopic (exact) mass is 333 g/mol. The number of aliphatic carboxylic acids is 1. The van der Waals surface area contributed by atoms with Crippen LogP contribution < -0.4 is 5.32 Å². The molecular weight excluding hydrogens is 322 g/mol. The van der Waals surface area contributed by atoms with Gasteiger partial charge >= 0.3 is 5.97 Å². The molecule has 1 amide bonds. The molecule has 2 aromatic carbocycles. The normalized spacial score (nSPS) is 10.1. The van der Waals surface area contributed by atoms with Gasteiger partial charge < -0.3 is 10.4 Å². The molecule has 2 rings (SSSR count). The SMILES string of the molecule is O=C(O)Cc1ccc(NC(=O)c2cccc(Br)c2)cc1. The number of halogens is 1. The van der Waals surface area contributed by atoms with Crippen molar-refractivity contribution < 1.29 is 14.7 Å². The summed E-state index contributed by atoms with van der Waals surface area (Å²) in [5.41, 5.74) is 1.87. The van der Waals surface area contributed by atoms with Crippen molar-refractivity contribution in [3.63, 3.8) is 0 Å².